The summed E-state index contributed by atoms with van der Waals surface area (Å²) in [5.41, 5.74) is 1.40. The number of aryl methyl sites for hydroxylation is 1. The lowest BCUT2D eigenvalue weighted by Crippen LogP contribution is -2.45. The van der Waals surface area contributed by atoms with E-state index in [1.807, 2.05) is 0 Å². The van der Waals surface area contributed by atoms with Gasteiger partial charge in [0.2, 0.25) is 0 Å². The van der Waals surface area contributed by atoms with E-state index in [-0.39, 0.29) is 5.04 Å². The van der Waals surface area contributed by atoms with Crippen molar-refractivity contribution < 1.29 is 9.16 Å². The van der Waals surface area contributed by atoms with Gasteiger partial charge in [-0.2, -0.15) is 0 Å². The summed E-state index contributed by atoms with van der Waals surface area (Å²) in [7, 11) is -1.72. The molecule has 2 unspecified atom stereocenters. The van der Waals surface area contributed by atoms with Crippen LogP contribution in [0.25, 0.3) is 0 Å². The van der Waals surface area contributed by atoms with E-state index in [0.717, 1.165) is 25.9 Å². The van der Waals surface area contributed by atoms with Crippen molar-refractivity contribution in [2.75, 3.05) is 6.61 Å². The predicted molar refractivity (Wildman–Crippen MR) is 95.8 cm³/mol. The largest absolute Gasteiger partial charge is 0.414 e. The normalized spacial score (nSPS) is 20.5. The van der Waals surface area contributed by atoms with Gasteiger partial charge < -0.3 is 9.16 Å². The Balaban J connectivity index is 1.96. The summed E-state index contributed by atoms with van der Waals surface area (Å²) in [6.07, 6.45) is 5.18. The van der Waals surface area contributed by atoms with E-state index in [2.05, 4.69) is 64.2 Å². The summed E-state index contributed by atoms with van der Waals surface area (Å²) in [5.74, 6) is 0. The molecule has 0 aliphatic carbocycles. The van der Waals surface area contributed by atoms with Crippen molar-refractivity contribution in [3.63, 3.8) is 0 Å². The van der Waals surface area contributed by atoms with Gasteiger partial charge in [-0.15, -0.1) is 0 Å². The number of ether oxygens (including phenoxy) is 1. The van der Waals surface area contributed by atoms with Crippen LogP contribution in [0, 0.1) is 0 Å². The molecular formula is C19H32O2Si. The molecule has 0 radical (unpaired) electrons. The van der Waals surface area contributed by atoms with Gasteiger partial charge in [-0.25, -0.2) is 0 Å². The molecule has 1 heterocycles. The Bertz CT molecular complexity index is 446. The second kappa shape index (κ2) is 7.29. The van der Waals surface area contributed by atoms with E-state index < -0.39 is 8.32 Å². The Morgan fingerprint density at radius 3 is 2.36 bits per heavy atom. The molecular weight excluding hydrogens is 288 g/mol. The van der Waals surface area contributed by atoms with E-state index in [0.29, 0.717) is 12.2 Å². The van der Waals surface area contributed by atoms with Crippen molar-refractivity contribution >= 4 is 8.32 Å². The molecule has 0 spiro atoms. The highest BCUT2D eigenvalue weighted by Crippen LogP contribution is 2.38. The second-order valence-corrected chi connectivity index (χ2v) is 12.8. The third-order valence-corrected chi connectivity index (χ3v) is 9.72. The minimum absolute atomic E-state index is 0.262. The first-order valence-corrected chi connectivity index (χ1v) is 11.5. The molecule has 1 aliphatic heterocycles. The molecule has 0 saturated carbocycles. The van der Waals surface area contributed by atoms with Crippen LogP contribution in [0.2, 0.25) is 18.1 Å². The zero-order chi connectivity index (χ0) is 16.2. The van der Waals surface area contributed by atoms with Gasteiger partial charge in [-0.05, 0) is 49.4 Å². The molecule has 2 nitrogen and oxygen atoms in total. The van der Waals surface area contributed by atoms with Crippen LogP contribution in [-0.4, -0.2) is 27.1 Å². The van der Waals surface area contributed by atoms with Crippen LogP contribution in [0.4, 0.5) is 0 Å². The first-order valence-electron chi connectivity index (χ1n) is 8.61. The van der Waals surface area contributed by atoms with Crippen molar-refractivity contribution in [2.45, 2.75) is 76.8 Å². The molecule has 2 atom stereocenters. The van der Waals surface area contributed by atoms with E-state index in [4.69, 9.17) is 9.16 Å². The molecule has 1 aromatic carbocycles. The Hall–Kier alpha value is -0.643. The van der Waals surface area contributed by atoms with Crippen LogP contribution in [0.15, 0.2) is 30.3 Å². The highest BCUT2D eigenvalue weighted by molar-refractivity contribution is 6.74. The standard InChI is InChI=1S/C19H32O2Si/c1-19(2,3)22(4,5)21-18(15-17-13-14-20-17)12-11-16-9-7-6-8-10-16/h6-10,17-18H,11-15H2,1-5H3. The first-order chi connectivity index (χ1) is 10.3. The SMILES string of the molecule is CC(C)(C)[Si](C)(C)OC(CCc1ccccc1)CC1CCO1. The van der Waals surface area contributed by atoms with E-state index in [1.54, 1.807) is 0 Å². The summed E-state index contributed by atoms with van der Waals surface area (Å²) >= 11 is 0. The fraction of sp³-hybridized carbons (Fsp3) is 0.684. The number of rotatable bonds is 7. The van der Waals surface area contributed by atoms with Gasteiger partial charge in [0, 0.05) is 12.7 Å². The lowest BCUT2D eigenvalue weighted by atomic mass is 10.00. The monoisotopic (exact) mass is 320 g/mol. The Morgan fingerprint density at radius 1 is 1.23 bits per heavy atom. The van der Waals surface area contributed by atoms with Crippen molar-refractivity contribution in [1.29, 1.82) is 0 Å². The molecule has 3 heteroatoms. The van der Waals surface area contributed by atoms with Gasteiger partial charge in [-0.1, -0.05) is 51.1 Å². The predicted octanol–water partition coefficient (Wildman–Crippen LogP) is 5.19. The lowest BCUT2D eigenvalue weighted by Gasteiger charge is -2.41. The second-order valence-electron chi connectivity index (χ2n) is 8.04. The maximum atomic E-state index is 6.69. The molecule has 0 bridgehead atoms. The fourth-order valence-corrected chi connectivity index (χ4v) is 3.96. The van der Waals surface area contributed by atoms with Gasteiger partial charge in [0.1, 0.15) is 0 Å². The van der Waals surface area contributed by atoms with Gasteiger partial charge in [0.05, 0.1) is 6.10 Å². The van der Waals surface area contributed by atoms with Crippen LogP contribution in [-0.2, 0) is 15.6 Å². The summed E-state index contributed by atoms with van der Waals surface area (Å²) in [4.78, 5) is 0. The zero-order valence-electron chi connectivity index (χ0n) is 14.9. The first kappa shape index (κ1) is 17.7. The van der Waals surface area contributed by atoms with Crippen LogP contribution in [0.5, 0.6) is 0 Å². The van der Waals surface area contributed by atoms with Crippen molar-refractivity contribution in [2.24, 2.45) is 0 Å². The Morgan fingerprint density at radius 2 is 1.86 bits per heavy atom. The number of hydrogen-bond acceptors (Lipinski definition) is 2. The lowest BCUT2D eigenvalue weighted by molar-refractivity contribution is -0.0724. The van der Waals surface area contributed by atoms with Crippen molar-refractivity contribution in [1.82, 2.24) is 0 Å². The molecule has 1 aromatic rings. The third kappa shape index (κ3) is 4.93. The highest BCUT2D eigenvalue weighted by atomic mass is 28.4. The van der Waals surface area contributed by atoms with E-state index in [9.17, 15) is 0 Å². The average molecular weight is 321 g/mol. The zero-order valence-corrected chi connectivity index (χ0v) is 15.9. The van der Waals surface area contributed by atoms with Gasteiger partial charge in [0.25, 0.3) is 0 Å². The minimum atomic E-state index is -1.72. The molecule has 1 saturated heterocycles. The fourth-order valence-electron chi connectivity index (χ4n) is 2.55. The van der Waals surface area contributed by atoms with Crippen LogP contribution < -0.4 is 0 Å². The Labute approximate surface area is 137 Å². The van der Waals surface area contributed by atoms with Crippen LogP contribution in [0.3, 0.4) is 0 Å². The molecule has 124 valence electrons. The van der Waals surface area contributed by atoms with Gasteiger partial charge >= 0.3 is 0 Å². The third-order valence-electron chi connectivity index (χ3n) is 5.18. The van der Waals surface area contributed by atoms with Gasteiger partial charge in [-0.3, -0.25) is 0 Å². The average Bonchev–Trinajstić information content (AvgIpc) is 2.39. The van der Waals surface area contributed by atoms with Crippen molar-refractivity contribution in [3.8, 4) is 0 Å². The number of hydrogen-bond donors (Lipinski definition) is 0. The molecule has 0 amide bonds. The minimum Gasteiger partial charge on any atom is -0.414 e. The van der Waals surface area contributed by atoms with Gasteiger partial charge in [0.15, 0.2) is 8.32 Å². The Kier molecular flexibility index (Phi) is 5.86. The molecule has 1 aliphatic rings. The topological polar surface area (TPSA) is 18.5 Å². The molecule has 22 heavy (non-hydrogen) atoms. The summed E-state index contributed by atoms with van der Waals surface area (Å²) < 4.78 is 12.3. The molecule has 0 N–H and O–H groups in total. The van der Waals surface area contributed by atoms with Crippen LogP contribution >= 0.6 is 0 Å². The molecule has 1 fully saturated rings. The number of benzene rings is 1. The quantitative estimate of drug-likeness (QED) is 0.644. The summed E-state index contributed by atoms with van der Waals surface area (Å²) in [5, 5.41) is 0.262. The van der Waals surface area contributed by atoms with E-state index >= 15 is 0 Å². The highest BCUT2D eigenvalue weighted by Gasteiger charge is 2.39. The maximum absolute atomic E-state index is 6.69. The summed E-state index contributed by atoms with van der Waals surface area (Å²) in [6.45, 7) is 12.6. The molecule has 2 rings (SSSR count). The smallest absolute Gasteiger partial charge is 0.192 e. The summed E-state index contributed by atoms with van der Waals surface area (Å²) in [6, 6.07) is 10.7. The maximum Gasteiger partial charge on any atom is 0.192 e. The van der Waals surface area contributed by atoms with Crippen molar-refractivity contribution in [3.05, 3.63) is 35.9 Å². The van der Waals surface area contributed by atoms with Crippen LogP contribution in [0.1, 0.15) is 45.6 Å². The molecule has 0 aromatic heterocycles. The van der Waals surface area contributed by atoms with E-state index in [1.165, 1.54) is 12.0 Å².